The molecule has 0 fully saturated rings. The predicted molar refractivity (Wildman–Crippen MR) is 103 cm³/mol. The molecule has 7 nitrogen and oxygen atoms in total. The monoisotopic (exact) mass is 375 g/mol. The van der Waals surface area contributed by atoms with Crippen LogP contribution in [0.15, 0.2) is 53.1 Å². The third kappa shape index (κ3) is 2.90. The van der Waals surface area contributed by atoms with E-state index in [2.05, 4.69) is 15.0 Å². The summed E-state index contributed by atoms with van der Waals surface area (Å²) in [6.45, 7) is 0.533. The van der Waals surface area contributed by atoms with Crippen molar-refractivity contribution >= 4 is 17.0 Å². The first-order chi connectivity index (χ1) is 13.7. The first kappa shape index (κ1) is 16.6. The lowest BCUT2D eigenvalue weighted by atomic mass is 9.96. The minimum absolute atomic E-state index is 0.0514. The second-order valence-corrected chi connectivity index (χ2v) is 6.78. The second-order valence-electron chi connectivity index (χ2n) is 6.78. The molecule has 2 aromatic carbocycles. The molecule has 0 saturated carbocycles. The van der Waals surface area contributed by atoms with Crippen LogP contribution in [0.1, 0.15) is 17.4 Å². The van der Waals surface area contributed by atoms with Gasteiger partial charge in [-0.1, -0.05) is 4.98 Å². The van der Waals surface area contributed by atoms with Crippen molar-refractivity contribution in [1.82, 2.24) is 9.97 Å². The summed E-state index contributed by atoms with van der Waals surface area (Å²) in [5.41, 5.74) is 10.1. The molecule has 0 aliphatic carbocycles. The SMILES string of the molecule is COc1ccc2c(c1)CC(c1nc3ccc(-c4cc[nH+]c(N)n4)cc3o1)CO2. The van der Waals surface area contributed by atoms with Crippen molar-refractivity contribution in [3.05, 3.63) is 60.1 Å². The van der Waals surface area contributed by atoms with Gasteiger partial charge in [0.1, 0.15) is 23.6 Å². The molecule has 0 amide bonds. The highest BCUT2D eigenvalue weighted by molar-refractivity contribution is 5.79. The highest BCUT2D eigenvalue weighted by atomic mass is 16.5. The molecule has 5 rings (SSSR count). The Balaban J connectivity index is 1.47. The Bertz CT molecular complexity index is 1170. The summed E-state index contributed by atoms with van der Waals surface area (Å²) in [6.07, 6.45) is 2.55. The van der Waals surface area contributed by atoms with Gasteiger partial charge in [0.05, 0.1) is 19.2 Å². The van der Waals surface area contributed by atoms with E-state index in [9.17, 15) is 0 Å². The van der Waals surface area contributed by atoms with E-state index in [1.165, 1.54) is 0 Å². The smallest absolute Gasteiger partial charge is 0.387 e. The van der Waals surface area contributed by atoms with Crippen molar-refractivity contribution in [1.29, 1.82) is 0 Å². The number of hydrogen-bond acceptors (Lipinski definition) is 6. The summed E-state index contributed by atoms with van der Waals surface area (Å²) in [7, 11) is 1.66. The summed E-state index contributed by atoms with van der Waals surface area (Å²) in [4.78, 5) is 11.8. The number of methoxy groups -OCH3 is 1. The number of nitrogens with zero attached hydrogens (tertiary/aromatic N) is 2. The molecule has 1 unspecified atom stereocenters. The molecule has 1 aliphatic heterocycles. The number of nitrogens with one attached hydrogen (secondary N) is 1. The number of anilines is 1. The van der Waals surface area contributed by atoms with Crippen LogP contribution in [0.2, 0.25) is 0 Å². The lowest BCUT2D eigenvalue weighted by Crippen LogP contribution is -2.19. The fourth-order valence-corrected chi connectivity index (χ4v) is 3.50. The van der Waals surface area contributed by atoms with E-state index >= 15 is 0 Å². The molecule has 0 spiro atoms. The Morgan fingerprint density at radius 1 is 1.14 bits per heavy atom. The Labute approximate surface area is 161 Å². The first-order valence-electron chi connectivity index (χ1n) is 9.04. The van der Waals surface area contributed by atoms with Gasteiger partial charge in [-0.05, 0) is 48.4 Å². The minimum Gasteiger partial charge on any atom is -0.497 e. The Hall–Kier alpha value is -3.61. The van der Waals surface area contributed by atoms with Gasteiger partial charge in [0.25, 0.3) is 0 Å². The second kappa shape index (κ2) is 6.53. The normalized spacial score (nSPS) is 15.8. The summed E-state index contributed by atoms with van der Waals surface area (Å²) < 4.78 is 17.3. The topological polar surface area (TPSA) is 97.5 Å². The average Bonchev–Trinajstić information content (AvgIpc) is 3.16. The van der Waals surface area contributed by atoms with E-state index in [4.69, 9.17) is 19.6 Å². The third-order valence-corrected chi connectivity index (χ3v) is 4.94. The summed E-state index contributed by atoms with van der Waals surface area (Å²) in [6, 6.07) is 13.6. The average molecular weight is 375 g/mol. The number of ether oxygens (including phenoxy) is 2. The van der Waals surface area contributed by atoms with Crippen LogP contribution in [0.4, 0.5) is 5.95 Å². The van der Waals surface area contributed by atoms with Gasteiger partial charge in [-0.15, -0.1) is 0 Å². The first-order valence-corrected chi connectivity index (χ1v) is 9.04. The standard InChI is InChI=1S/C21H18N4O3/c1-26-15-3-5-18-13(9-15)8-14(11-27-18)20-24-17-4-2-12(10-19(17)28-20)16-6-7-23-21(22)25-16/h2-7,9-10,14H,8,11H2,1H3,(H2,22,23,25)/p+1. The van der Waals surface area contributed by atoms with Crippen molar-refractivity contribution in [2.75, 3.05) is 19.5 Å². The van der Waals surface area contributed by atoms with Crippen molar-refractivity contribution in [2.45, 2.75) is 12.3 Å². The third-order valence-electron chi connectivity index (χ3n) is 4.94. The number of aromatic amines is 1. The molecule has 1 atom stereocenters. The number of benzene rings is 2. The molecule has 4 aromatic rings. The van der Waals surface area contributed by atoms with E-state index in [1.807, 2.05) is 42.5 Å². The van der Waals surface area contributed by atoms with Crippen LogP contribution >= 0.6 is 0 Å². The molecule has 3 heterocycles. The Kier molecular flexibility index (Phi) is 3.86. The van der Waals surface area contributed by atoms with Crippen molar-refractivity contribution in [3.8, 4) is 22.8 Å². The molecule has 3 N–H and O–H groups in total. The van der Waals surface area contributed by atoms with Crippen LogP contribution in [0, 0.1) is 0 Å². The van der Waals surface area contributed by atoms with Crippen LogP contribution in [-0.2, 0) is 6.42 Å². The Morgan fingerprint density at radius 3 is 2.93 bits per heavy atom. The summed E-state index contributed by atoms with van der Waals surface area (Å²) in [5, 5.41) is 0. The number of nitrogens with two attached hydrogens (primary N) is 1. The van der Waals surface area contributed by atoms with Crippen LogP contribution < -0.4 is 20.2 Å². The number of rotatable bonds is 3. The molecule has 28 heavy (non-hydrogen) atoms. The van der Waals surface area contributed by atoms with Gasteiger partial charge in [0, 0.05) is 11.6 Å². The van der Waals surface area contributed by atoms with Gasteiger partial charge in [0.2, 0.25) is 5.89 Å². The summed E-state index contributed by atoms with van der Waals surface area (Å²) >= 11 is 0. The highest BCUT2D eigenvalue weighted by Crippen LogP contribution is 2.35. The van der Waals surface area contributed by atoms with Crippen LogP contribution in [0.5, 0.6) is 11.5 Å². The molecule has 0 bridgehead atoms. The van der Waals surface area contributed by atoms with Crippen molar-refractivity contribution in [3.63, 3.8) is 0 Å². The number of nitrogen functional groups attached to an aromatic ring is 1. The molecule has 7 heteroatoms. The zero-order valence-corrected chi connectivity index (χ0v) is 15.3. The van der Waals surface area contributed by atoms with E-state index < -0.39 is 0 Å². The highest BCUT2D eigenvalue weighted by Gasteiger charge is 2.26. The van der Waals surface area contributed by atoms with Crippen LogP contribution in [-0.4, -0.2) is 23.7 Å². The number of hydrogen-bond donors (Lipinski definition) is 1. The number of aromatic nitrogens is 3. The van der Waals surface area contributed by atoms with E-state index in [-0.39, 0.29) is 5.92 Å². The molecule has 140 valence electrons. The fourth-order valence-electron chi connectivity index (χ4n) is 3.50. The van der Waals surface area contributed by atoms with Gasteiger partial charge in [-0.3, -0.25) is 5.73 Å². The van der Waals surface area contributed by atoms with Crippen LogP contribution in [0.25, 0.3) is 22.4 Å². The number of H-pyrrole nitrogens is 1. The van der Waals surface area contributed by atoms with Gasteiger partial charge in [-0.2, -0.15) is 0 Å². The Morgan fingerprint density at radius 2 is 2.07 bits per heavy atom. The van der Waals surface area contributed by atoms with E-state index in [1.54, 1.807) is 13.3 Å². The predicted octanol–water partition coefficient (Wildman–Crippen LogP) is 3.01. The molecule has 1 aliphatic rings. The molecular weight excluding hydrogens is 356 g/mol. The summed E-state index contributed by atoms with van der Waals surface area (Å²) in [5.74, 6) is 2.80. The lowest BCUT2D eigenvalue weighted by molar-refractivity contribution is -0.364. The van der Waals surface area contributed by atoms with Gasteiger partial charge in [-0.25, -0.2) is 9.97 Å². The fraction of sp³-hybridized carbons (Fsp3) is 0.190. The maximum atomic E-state index is 6.08. The largest absolute Gasteiger partial charge is 0.497 e. The van der Waals surface area contributed by atoms with Gasteiger partial charge >= 0.3 is 5.95 Å². The number of oxazole rings is 1. The van der Waals surface area contributed by atoms with E-state index in [0.29, 0.717) is 18.4 Å². The van der Waals surface area contributed by atoms with Crippen molar-refractivity contribution in [2.24, 2.45) is 0 Å². The quantitative estimate of drug-likeness (QED) is 0.591. The maximum Gasteiger partial charge on any atom is 0.387 e. The van der Waals surface area contributed by atoms with Gasteiger partial charge < -0.3 is 13.9 Å². The molecule has 0 radical (unpaired) electrons. The zero-order chi connectivity index (χ0) is 19.1. The molecular formula is C21H19N4O3+. The van der Waals surface area contributed by atoms with Crippen LogP contribution in [0.3, 0.4) is 0 Å². The minimum atomic E-state index is 0.0514. The number of fused-ring (bicyclic) bond motifs is 2. The van der Waals surface area contributed by atoms with E-state index in [0.717, 1.165) is 45.8 Å². The lowest BCUT2D eigenvalue weighted by Gasteiger charge is -2.23. The molecule has 2 aromatic heterocycles. The van der Waals surface area contributed by atoms with Crippen molar-refractivity contribution < 1.29 is 18.9 Å². The van der Waals surface area contributed by atoms with Gasteiger partial charge in [0.15, 0.2) is 11.3 Å². The molecule has 0 saturated heterocycles. The maximum absolute atomic E-state index is 6.08. The zero-order valence-electron chi connectivity index (χ0n) is 15.3.